The van der Waals surface area contributed by atoms with Crippen LogP contribution in [-0.4, -0.2) is 15.8 Å². The number of hydrogen-bond donors (Lipinski definition) is 1. The minimum Gasteiger partial charge on any atom is -0.310 e. The molecule has 0 bridgehead atoms. The van der Waals surface area contributed by atoms with Gasteiger partial charge < -0.3 is 5.32 Å². The summed E-state index contributed by atoms with van der Waals surface area (Å²) in [6, 6.07) is 9.98. The normalized spacial score (nSPS) is 14.4. The SMILES string of the molecule is CCn1nc(-c2ccc(Cl)cc2)cc(CNC2CC2)c1=O. The Kier molecular flexibility index (Phi) is 4.08. The summed E-state index contributed by atoms with van der Waals surface area (Å²) in [5.41, 5.74) is 2.53. The van der Waals surface area contributed by atoms with E-state index < -0.39 is 0 Å². The summed E-state index contributed by atoms with van der Waals surface area (Å²) >= 11 is 5.92. The highest BCUT2D eigenvalue weighted by Gasteiger charge is 2.21. The van der Waals surface area contributed by atoms with Crippen LogP contribution in [0.2, 0.25) is 5.02 Å². The molecule has 1 aromatic heterocycles. The predicted octanol–water partition coefficient (Wildman–Crippen LogP) is 2.84. The second-order valence-electron chi connectivity index (χ2n) is 5.34. The summed E-state index contributed by atoms with van der Waals surface area (Å²) in [5, 5.41) is 8.51. The van der Waals surface area contributed by atoms with Gasteiger partial charge in [0.2, 0.25) is 0 Å². The Bertz CT molecular complexity index is 690. The summed E-state index contributed by atoms with van der Waals surface area (Å²) < 4.78 is 1.52. The van der Waals surface area contributed by atoms with Crippen molar-refractivity contribution in [1.29, 1.82) is 0 Å². The second-order valence-corrected chi connectivity index (χ2v) is 5.77. The molecule has 0 spiro atoms. The van der Waals surface area contributed by atoms with Crippen LogP contribution >= 0.6 is 11.6 Å². The maximum absolute atomic E-state index is 12.3. The van der Waals surface area contributed by atoms with E-state index in [9.17, 15) is 4.79 Å². The van der Waals surface area contributed by atoms with Crippen molar-refractivity contribution in [3.05, 3.63) is 51.3 Å². The van der Waals surface area contributed by atoms with Gasteiger partial charge in [-0.25, -0.2) is 4.68 Å². The van der Waals surface area contributed by atoms with Crippen LogP contribution < -0.4 is 10.9 Å². The van der Waals surface area contributed by atoms with Crippen LogP contribution in [0.3, 0.4) is 0 Å². The van der Waals surface area contributed by atoms with E-state index in [1.165, 1.54) is 17.5 Å². The van der Waals surface area contributed by atoms with Crippen molar-refractivity contribution in [2.75, 3.05) is 0 Å². The number of hydrogen-bond acceptors (Lipinski definition) is 3. The van der Waals surface area contributed by atoms with Gasteiger partial charge in [-0.3, -0.25) is 4.79 Å². The molecule has 0 unspecified atom stereocenters. The molecule has 0 amide bonds. The molecule has 1 aromatic carbocycles. The van der Waals surface area contributed by atoms with Crippen LogP contribution in [0.25, 0.3) is 11.3 Å². The molecule has 1 N–H and O–H groups in total. The monoisotopic (exact) mass is 303 g/mol. The standard InChI is InChI=1S/C16H18ClN3O/c1-2-20-16(21)12(10-18-14-7-8-14)9-15(19-20)11-3-5-13(17)6-4-11/h3-6,9,14,18H,2,7-8,10H2,1H3. The Morgan fingerprint density at radius 2 is 2.05 bits per heavy atom. The van der Waals surface area contributed by atoms with Gasteiger partial charge in [-0.05, 0) is 38.0 Å². The zero-order chi connectivity index (χ0) is 14.8. The predicted molar refractivity (Wildman–Crippen MR) is 84.5 cm³/mol. The van der Waals surface area contributed by atoms with Crippen molar-refractivity contribution in [2.24, 2.45) is 0 Å². The lowest BCUT2D eigenvalue weighted by Crippen LogP contribution is -2.29. The summed E-state index contributed by atoms with van der Waals surface area (Å²) in [4.78, 5) is 12.3. The fourth-order valence-electron chi connectivity index (χ4n) is 2.24. The molecule has 0 saturated heterocycles. The highest BCUT2D eigenvalue weighted by atomic mass is 35.5. The highest BCUT2D eigenvalue weighted by Crippen LogP contribution is 2.21. The largest absolute Gasteiger partial charge is 0.310 e. The number of aryl methyl sites for hydroxylation is 1. The van der Waals surface area contributed by atoms with E-state index in [0.717, 1.165) is 16.8 Å². The Labute approximate surface area is 128 Å². The highest BCUT2D eigenvalue weighted by molar-refractivity contribution is 6.30. The smallest absolute Gasteiger partial charge is 0.271 e. The maximum atomic E-state index is 12.3. The lowest BCUT2D eigenvalue weighted by molar-refractivity contribution is 0.596. The molecule has 5 heteroatoms. The van der Waals surface area contributed by atoms with E-state index in [1.807, 2.05) is 37.3 Å². The molecule has 0 aliphatic heterocycles. The molecule has 1 heterocycles. The lowest BCUT2D eigenvalue weighted by Gasteiger charge is -2.10. The molecule has 110 valence electrons. The number of halogens is 1. The minimum atomic E-state index is -0.0108. The Hall–Kier alpha value is -1.65. The van der Waals surface area contributed by atoms with Crippen molar-refractivity contribution >= 4 is 11.6 Å². The number of nitrogens with one attached hydrogen (secondary N) is 1. The summed E-state index contributed by atoms with van der Waals surface area (Å²) in [6.07, 6.45) is 2.41. The molecule has 1 aliphatic rings. The Balaban J connectivity index is 1.97. The molecular weight excluding hydrogens is 286 g/mol. The van der Waals surface area contributed by atoms with Crippen LogP contribution in [0.1, 0.15) is 25.3 Å². The fourth-order valence-corrected chi connectivity index (χ4v) is 2.37. The van der Waals surface area contributed by atoms with Crippen molar-refractivity contribution in [3.63, 3.8) is 0 Å². The number of nitrogens with zero attached hydrogens (tertiary/aromatic N) is 2. The average molecular weight is 304 g/mol. The van der Waals surface area contributed by atoms with E-state index in [1.54, 1.807) is 0 Å². The summed E-state index contributed by atoms with van der Waals surface area (Å²) in [7, 11) is 0. The number of benzene rings is 1. The van der Waals surface area contributed by atoms with Gasteiger partial charge in [0, 0.05) is 35.3 Å². The van der Waals surface area contributed by atoms with Gasteiger partial charge in [-0.2, -0.15) is 5.10 Å². The Morgan fingerprint density at radius 1 is 1.33 bits per heavy atom. The van der Waals surface area contributed by atoms with Crippen LogP contribution in [0.4, 0.5) is 0 Å². The van der Waals surface area contributed by atoms with Crippen molar-refractivity contribution in [1.82, 2.24) is 15.1 Å². The first-order chi connectivity index (χ1) is 10.2. The third-order valence-electron chi connectivity index (χ3n) is 3.65. The molecule has 0 radical (unpaired) electrons. The topological polar surface area (TPSA) is 46.9 Å². The van der Waals surface area contributed by atoms with Crippen LogP contribution in [-0.2, 0) is 13.1 Å². The quantitative estimate of drug-likeness (QED) is 0.924. The van der Waals surface area contributed by atoms with Crippen molar-refractivity contribution in [3.8, 4) is 11.3 Å². The molecule has 3 rings (SSSR count). The Morgan fingerprint density at radius 3 is 2.67 bits per heavy atom. The van der Waals surface area contributed by atoms with Crippen molar-refractivity contribution in [2.45, 2.75) is 38.9 Å². The number of aromatic nitrogens is 2. The summed E-state index contributed by atoms with van der Waals surface area (Å²) in [6.45, 7) is 3.10. The maximum Gasteiger partial charge on any atom is 0.271 e. The molecule has 21 heavy (non-hydrogen) atoms. The molecule has 2 aromatic rings. The molecule has 4 nitrogen and oxygen atoms in total. The molecule has 1 fully saturated rings. The molecule has 1 aliphatic carbocycles. The van der Waals surface area contributed by atoms with Gasteiger partial charge in [-0.15, -0.1) is 0 Å². The van der Waals surface area contributed by atoms with E-state index in [-0.39, 0.29) is 5.56 Å². The fraction of sp³-hybridized carbons (Fsp3) is 0.375. The van der Waals surface area contributed by atoms with E-state index in [0.29, 0.717) is 24.2 Å². The lowest BCUT2D eigenvalue weighted by atomic mass is 10.1. The van der Waals surface area contributed by atoms with Gasteiger partial charge >= 0.3 is 0 Å². The first-order valence-electron chi connectivity index (χ1n) is 7.27. The third kappa shape index (κ3) is 3.34. The first kappa shape index (κ1) is 14.3. The average Bonchev–Trinajstić information content (AvgIpc) is 3.31. The van der Waals surface area contributed by atoms with Gasteiger partial charge in [0.1, 0.15) is 0 Å². The van der Waals surface area contributed by atoms with E-state index in [2.05, 4.69) is 10.4 Å². The van der Waals surface area contributed by atoms with Gasteiger partial charge in [0.05, 0.1) is 5.69 Å². The zero-order valence-electron chi connectivity index (χ0n) is 12.0. The summed E-state index contributed by atoms with van der Waals surface area (Å²) in [5.74, 6) is 0. The van der Waals surface area contributed by atoms with Crippen molar-refractivity contribution < 1.29 is 0 Å². The van der Waals surface area contributed by atoms with Crippen LogP contribution in [0.5, 0.6) is 0 Å². The minimum absolute atomic E-state index is 0.0108. The first-order valence-corrected chi connectivity index (χ1v) is 7.65. The molecular formula is C16H18ClN3O. The van der Waals surface area contributed by atoms with Gasteiger partial charge in [0.15, 0.2) is 0 Å². The number of rotatable bonds is 5. The third-order valence-corrected chi connectivity index (χ3v) is 3.90. The van der Waals surface area contributed by atoms with Crippen LogP contribution in [0, 0.1) is 0 Å². The van der Waals surface area contributed by atoms with Gasteiger partial charge in [-0.1, -0.05) is 23.7 Å². The van der Waals surface area contributed by atoms with Gasteiger partial charge in [0.25, 0.3) is 5.56 Å². The molecule has 0 atom stereocenters. The second kappa shape index (κ2) is 6.00. The van der Waals surface area contributed by atoms with Crippen LogP contribution in [0.15, 0.2) is 35.1 Å². The zero-order valence-corrected chi connectivity index (χ0v) is 12.7. The van der Waals surface area contributed by atoms with E-state index >= 15 is 0 Å². The molecule has 1 saturated carbocycles. The van der Waals surface area contributed by atoms with E-state index in [4.69, 9.17) is 11.6 Å².